The number of nitrogens with zero attached hydrogens (tertiary/aromatic N) is 2. The van der Waals surface area contributed by atoms with Gasteiger partial charge in [-0.3, -0.25) is 9.59 Å². The standard InChI is InChI=1S/C25H26N4O6/c1-29-20-9-8-18(12-23(30)33-2)35-22(20)14-34-21-10-7-17(11-19(21)24(29)31)28-25(32)27-16-5-3-15(13-26)4-6-16/h3-7,10-11,18,20,22H,8-9,12,14H2,1-2H3,(H2,27,28,32)/t18-,20-,22-/m1/s1. The molecule has 0 saturated carbocycles. The van der Waals surface area contributed by atoms with E-state index in [1.54, 1.807) is 54.4 Å². The molecule has 2 aromatic carbocycles. The Morgan fingerprint density at radius 3 is 2.57 bits per heavy atom. The second-order valence-corrected chi connectivity index (χ2v) is 8.43. The molecule has 2 heterocycles. The molecule has 182 valence electrons. The summed E-state index contributed by atoms with van der Waals surface area (Å²) in [7, 11) is 3.06. The van der Waals surface area contributed by atoms with E-state index in [0.717, 1.165) is 0 Å². The summed E-state index contributed by atoms with van der Waals surface area (Å²) >= 11 is 0. The molecule has 2 aliphatic rings. The second-order valence-electron chi connectivity index (χ2n) is 8.43. The van der Waals surface area contributed by atoms with Crippen LogP contribution < -0.4 is 15.4 Å². The normalized spacial score (nSPS) is 21.2. The molecule has 0 aromatic heterocycles. The number of esters is 1. The van der Waals surface area contributed by atoms with E-state index in [9.17, 15) is 14.4 Å². The maximum Gasteiger partial charge on any atom is 0.323 e. The van der Waals surface area contributed by atoms with Crippen LogP contribution >= 0.6 is 0 Å². The summed E-state index contributed by atoms with van der Waals surface area (Å²) in [6.07, 6.45) is 0.788. The van der Waals surface area contributed by atoms with Gasteiger partial charge in [-0.25, -0.2) is 4.79 Å². The van der Waals surface area contributed by atoms with Gasteiger partial charge in [-0.1, -0.05) is 0 Å². The third-order valence-electron chi connectivity index (χ3n) is 6.16. The highest BCUT2D eigenvalue weighted by Crippen LogP contribution is 2.32. The SMILES string of the molecule is COC(=O)C[C@H]1CC[C@@H]2[C@@H](COc3ccc(NC(=O)Nc4ccc(C#N)cc4)cc3C(=O)N2C)O1. The fourth-order valence-electron chi connectivity index (χ4n) is 4.30. The van der Waals surface area contributed by atoms with Crippen LogP contribution in [0.5, 0.6) is 5.75 Å². The van der Waals surface area contributed by atoms with Crippen molar-refractivity contribution in [3.8, 4) is 11.8 Å². The Hall–Kier alpha value is -4.10. The number of benzene rings is 2. The van der Waals surface area contributed by atoms with Crippen molar-refractivity contribution in [3.05, 3.63) is 53.6 Å². The maximum atomic E-state index is 13.3. The van der Waals surface area contributed by atoms with E-state index in [1.807, 2.05) is 6.07 Å². The molecule has 0 radical (unpaired) electrons. The molecule has 1 saturated heterocycles. The molecule has 1 fully saturated rings. The zero-order valence-corrected chi connectivity index (χ0v) is 19.4. The molecule has 0 unspecified atom stereocenters. The summed E-state index contributed by atoms with van der Waals surface area (Å²) in [6, 6.07) is 12.6. The van der Waals surface area contributed by atoms with Crippen LogP contribution in [0.25, 0.3) is 0 Å². The molecule has 2 aromatic rings. The van der Waals surface area contributed by atoms with Gasteiger partial charge in [0.1, 0.15) is 18.5 Å². The molecule has 0 bridgehead atoms. The van der Waals surface area contributed by atoms with E-state index in [-0.39, 0.29) is 43.2 Å². The maximum absolute atomic E-state index is 13.3. The van der Waals surface area contributed by atoms with Crippen LogP contribution in [0, 0.1) is 11.3 Å². The number of carbonyl (C=O) groups excluding carboxylic acids is 3. The number of anilines is 2. The molecule has 0 spiro atoms. The van der Waals surface area contributed by atoms with Crippen LogP contribution in [-0.2, 0) is 14.3 Å². The lowest BCUT2D eigenvalue weighted by Gasteiger charge is -2.42. The minimum Gasteiger partial charge on any atom is -0.490 e. The van der Waals surface area contributed by atoms with Crippen LogP contribution in [0.4, 0.5) is 16.2 Å². The molecular formula is C25H26N4O6. The van der Waals surface area contributed by atoms with Crippen LogP contribution in [0.15, 0.2) is 42.5 Å². The second kappa shape index (κ2) is 10.4. The highest BCUT2D eigenvalue weighted by molar-refractivity contribution is 6.02. The van der Waals surface area contributed by atoms with Gasteiger partial charge in [-0.05, 0) is 55.3 Å². The summed E-state index contributed by atoms with van der Waals surface area (Å²) in [5.74, 6) is -0.198. The summed E-state index contributed by atoms with van der Waals surface area (Å²) in [5, 5.41) is 14.3. The van der Waals surface area contributed by atoms with Gasteiger partial charge in [0.05, 0.1) is 42.9 Å². The number of nitrogens with one attached hydrogen (secondary N) is 2. The van der Waals surface area contributed by atoms with Crippen LogP contribution in [0.2, 0.25) is 0 Å². The van der Waals surface area contributed by atoms with Crippen molar-refractivity contribution in [2.45, 2.75) is 37.5 Å². The Morgan fingerprint density at radius 1 is 1.14 bits per heavy atom. The summed E-state index contributed by atoms with van der Waals surface area (Å²) in [4.78, 5) is 39.0. The fourth-order valence-corrected chi connectivity index (χ4v) is 4.30. The number of ether oxygens (including phenoxy) is 3. The molecule has 10 heteroatoms. The van der Waals surface area contributed by atoms with Crippen LogP contribution in [0.1, 0.15) is 35.2 Å². The van der Waals surface area contributed by atoms with E-state index < -0.39 is 6.03 Å². The van der Waals surface area contributed by atoms with E-state index in [0.29, 0.717) is 41.1 Å². The van der Waals surface area contributed by atoms with Gasteiger partial charge in [0.25, 0.3) is 5.91 Å². The average Bonchev–Trinajstić information content (AvgIpc) is 2.86. The summed E-state index contributed by atoms with van der Waals surface area (Å²) in [5.41, 5.74) is 1.78. The number of nitriles is 1. The monoisotopic (exact) mass is 478 g/mol. The lowest BCUT2D eigenvalue weighted by atomic mass is 9.94. The van der Waals surface area contributed by atoms with Gasteiger partial charge in [0, 0.05) is 18.4 Å². The molecule has 3 atom stereocenters. The first-order valence-electron chi connectivity index (χ1n) is 11.2. The van der Waals surface area contributed by atoms with Gasteiger partial charge >= 0.3 is 12.0 Å². The highest BCUT2D eigenvalue weighted by Gasteiger charge is 2.39. The number of rotatable bonds is 4. The molecular weight excluding hydrogens is 452 g/mol. The molecule has 3 amide bonds. The van der Waals surface area contributed by atoms with Gasteiger partial charge in [-0.15, -0.1) is 0 Å². The molecule has 4 rings (SSSR count). The van der Waals surface area contributed by atoms with Crippen LogP contribution in [0.3, 0.4) is 0 Å². The Labute approximate surface area is 202 Å². The predicted octanol–water partition coefficient (Wildman–Crippen LogP) is 3.15. The number of carbonyl (C=O) groups is 3. The first-order valence-corrected chi connectivity index (χ1v) is 11.2. The van der Waals surface area contributed by atoms with Gasteiger partial charge < -0.3 is 29.7 Å². The summed E-state index contributed by atoms with van der Waals surface area (Å²) < 4.78 is 16.7. The van der Waals surface area contributed by atoms with Crippen LogP contribution in [-0.4, -0.2) is 61.8 Å². The lowest BCUT2D eigenvalue weighted by molar-refractivity contribution is -0.151. The molecule has 0 aliphatic carbocycles. The number of hydrogen-bond acceptors (Lipinski definition) is 7. The number of amides is 3. The number of fused-ring (bicyclic) bond motifs is 2. The van der Waals surface area contributed by atoms with Crippen molar-refractivity contribution in [2.24, 2.45) is 0 Å². The number of likely N-dealkylation sites (N-methyl/N-ethyl adjacent to an activating group) is 1. The minimum atomic E-state index is -0.486. The van der Waals surface area contributed by atoms with Crippen molar-refractivity contribution < 1.29 is 28.6 Å². The van der Waals surface area contributed by atoms with Crippen molar-refractivity contribution in [3.63, 3.8) is 0 Å². The number of hydrogen-bond donors (Lipinski definition) is 2. The van der Waals surface area contributed by atoms with Crippen molar-refractivity contribution in [1.29, 1.82) is 5.26 Å². The average molecular weight is 479 g/mol. The van der Waals surface area contributed by atoms with E-state index in [1.165, 1.54) is 7.11 Å². The Balaban J connectivity index is 1.45. The van der Waals surface area contributed by atoms with E-state index in [2.05, 4.69) is 10.6 Å². The van der Waals surface area contributed by atoms with Gasteiger partial charge in [-0.2, -0.15) is 5.26 Å². The fraction of sp³-hybridized carbons (Fsp3) is 0.360. The zero-order chi connectivity index (χ0) is 24.9. The number of methoxy groups -OCH3 is 1. The Bertz CT molecular complexity index is 1160. The lowest BCUT2D eigenvalue weighted by Crippen LogP contribution is -2.53. The third-order valence-corrected chi connectivity index (χ3v) is 6.16. The van der Waals surface area contributed by atoms with E-state index >= 15 is 0 Å². The molecule has 2 aliphatic heterocycles. The largest absolute Gasteiger partial charge is 0.490 e. The van der Waals surface area contributed by atoms with E-state index in [4.69, 9.17) is 19.5 Å². The molecule has 2 N–H and O–H groups in total. The van der Waals surface area contributed by atoms with Crippen molar-refractivity contribution in [1.82, 2.24) is 4.90 Å². The Morgan fingerprint density at radius 2 is 1.86 bits per heavy atom. The molecule has 35 heavy (non-hydrogen) atoms. The Kier molecular flexibility index (Phi) is 7.17. The third kappa shape index (κ3) is 5.53. The quantitative estimate of drug-likeness (QED) is 0.646. The van der Waals surface area contributed by atoms with Gasteiger partial charge in [0.2, 0.25) is 0 Å². The topological polar surface area (TPSA) is 130 Å². The minimum absolute atomic E-state index is 0.160. The van der Waals surface area contributed by atoms with Crippen molar-refractivity contribution in [2.75, 3.05) is 31.4 Å². The first kappa shape index (κ1) is 24.0. The highest BCUT2D eigenvalue weighted by atomic mass is 16.5. The number of urea groups is 1. The molecule has 10 nitrogen and oxygen atoms in total. The first-order chi connectivity index (χ1) is 16.9. The van der Waals surface area contributed by atoms with Gasteiger partial charge in [0.15, 0.2) is 0 Å². The summed E-state index contributed by atoms with van der Waals surface area (Å²) in [6.45, 7) is 0.221. The smallest absolute Gasteiger partial charge is 0.323 e. The van der Waals surface area contributed by atoms with Crippen molar-refractivity contribution >= 4 is 29.3 Å². The zero-order valence-electron chi connectivity index (χ0n) is 19.4. The predicted molar refractivity (Wildman–Crippen MR) is 126 cm³/mol.